The molecule has 2 fully saturated rings. The molecule has 2 aliphatic heterocycles. The predicted molar refractivity (Wildman–Crippen MR) is 80.1 cm³/mol. The van der Waals surface area contributed by atoms with Gasteiger partial charge in [0.05, 0.1) is 6.54 Å². The summed E-state index contributed by atoms with van der Waals surface area (Å²) < 4.78 is 0. The molecule has 1 aromatic heterocycles. The fraction of sp³-hybridized carbons (Fsp3) is 0.643. The first-order valence-corrected chi connectivity index (χ1v) is 7.56. The second-order valence-electron chi connectivity index (χ2n) is 5.44. The normalized spacial score (nSPS) is 20.6. The van der Waals surface area contributed by atoms with Crippen LogP contribution < -0.4 is 10.2 Å². The molecule has 2 aliphatic rings. The minimum absolute atomic E-state index is 0.241. The molecule has 7 nitrogen and oxygen atoms in total. The van der Waals surface area contributed by atoms with E-state index in [1.54, 1.807) is 12.4 Å². The number of aromatic nitrogens is 2. The SMILES string of the molecule is O=C(CN1CCNCC1)N1CCN(c2ncccn2)CC1. The van der Waals surface area contributed by atoms with Crippen LogP contribution in [0.2, 0.25) is 0 Å². The molecule has 0 atom stereocenters. The molecule has 114 valence electrons. The molecular formula is C14H22N6O. The molecule has 0 bridgehead atoms. The summed E-state index contributed by atoms with van der Waals surface area (Å²) in [5, 5.41) is 3.30. The Morgan fingerprint density at radius 2 is 1.71 bits per heavy atom. The van der Waals surface area contributed by atoms with Crippen LogP contribution in [0.1, 0.15) is 0 Å². The van der Waals surface area contributed by atoms with Crippen LogP contribution in [0.3, 0.4) is 0 Å². The van der Waals surface area contributed by atoms with Crippen molar-refractivity contribution in [3.8, 4) is 0 Å². The number of hydrogen-bond donors (Lipinski definition) is 1. The minimum Gasteiger partial charge on any atom is -0.338 e. The van der Waals surface area contributed by atoms with Gasteiger partial charge in [0.25, 0.3) is 0 Å². The highest BCUT2D eigenvalue weighted by atomic mass is 16.2. The van der Waals surface area contributed by atoms with Gasteiger partial charge in [0, 0.05) is 64.8 Å². The minimum atomic E-state index is 0.241. The van der Waals surface area contributed by atoms with Gasteiger partial charge in [0.2, 0.25) is 11.9 Å². The quantitative estimate of drug-likeness (QED) is 0.773. The lowest BCUT2D eigenvalue weighted by atomic mass is 10.3. The van der Waals surface area contributed by atoms with Gasteiger partial charge in [-0.15, -0.1) is 0 Å². The Morgan fingerprint density at radius 3 is 2.38 bits per heavy atom. The van der Waals surface area contributed by atoms with Crippen molar-refractivity contribution in [1.29, 1.82) is 0 Å². The van der Waals surface area contributed by atoms with Crippen LogP contribution in [0.4, 0.5) is 5.95 Å². The monoisotopic (exact) mass is 290 g/mol. The molecule has 7 heteroatoms. The Kier molecular flexibility index (Phi) is 4.62. The molecule has 3 rings (SSSR count). The van der Waals surface area contributed by atoms with E-state index in [2.05, 4.69) is 25.1 Å². The van der Waals surface area contributed by atoms with Gasteiger partial charge in [-0.1, -0.05) is 0 Å². The Labute approximate surface area is 124 Å². The molecule has 0 saturated carbocycles. The average molecular weight is 290 g/mol. The van der Waals surface area contributed by atoms with E-state index in [9.17, 15) is 4.79 Å². The zero-order valence-corrected chi connectivity index (χ0v) is 12.2. The van der Waals surface area contributed by atoms with Gasteiger partial charge in [-0.3, -0.25) is 9.69 Å². The van der Waals surface area contributed by atoms with E-state index in [4.69, 9.17) is 0 Å². The van der Waals surface area contributed by atoms with E-state index in [0.717, 1.165) is 58.3 Å². The van der Waals surface area contributed by atoms with Gasteiger partial charge in [-0.2, -0.15) is 0 Å². The lowest BCUT2D eigenvalue weighted by Gasteiger charge is -2.36. The van der Waals surface area contributed by atoms with Gasteiger partial charge >= 0.3 is 0 Å². The molecule has 0 unspecified atom stereocenters. The summed E-state index contributed by atoms with van der Waals surface area (Å²) in [4.78, 5) is 27.2. The summed E-state index contributed by atoms with van der Waals surface area (Å²) in [6, 6.07) is 1.82. The number of rotatable bonds is 3. The van der Waals surface area contributed by atoms with Crippen molar-refractivity contribution >= 4 is 11.9 Å². The highest BCUT2D eigenvalue weighted by Crippen LogP contribution is 2.10. The Morgan fingerprint density at radius 1 is 1.05 bits per heavy atom. The van der Waals surface area contributed by atoms with Crippen LogP contribution in [0.15, 0.2) is 18.5 Å². The molecular weight excluding hydrogens is 268 g/mol. The maximum atomic E-state index is 12.3. The number of amides is 1. The maximum absolute atomic E-state index is 12.3. The van der Waals surface area contributed by atoms with E-state index >= 15 is 0 Å². The van der Waals surface area contributed by atoms with E-state index < -0.39 is 0 Å². The average Bonchev–Trinajstić information content (AvgIpc) is 2.57. The summed E-state index contributed by atoms with van der Waals surface area (Å²) in [7, 11) is 0. The first-order valence-electron chi connectivity index (χ1n) is 7.56. The molecule has 1 N–H and O–H groups in total. The molecule has 0 aliphatic carbocycles. The Hall–Kier alpha value is -1.73. The summed E-state index contributed by atoms with van der Waals surface area (Å²) in [5.41, 5.74) is 0. The number of nitrogens with zero attached hydrogens (tertiary/aromatic N) is 5. The van der Waals surface area contributed by atoms with Crippen molar-refractivity contribution in [3.05, 3.63) is 18.5 Å². The zero-order chi connectivity index (χ0) is 14.5. The van der Waals surface area contributed by atoms with Gasteiger partial charge in [-0.25, -0.2) is 9.97 Å². The second-order valence-corrected chi connectivity index (χ2v) is 5.44. The molecule has 1 amide bonds. The lowest BCUT2D eigenvalue weighted by molar-refractivity contribution is -0.132. The van der Waals surface area contributed by atoms with Crippen LogP contribution in [0.25, 0.3) is 0 Å². The molecule has 2 saturated heterocycles. The number of hydrogen-bond acceptors (Lipinski definition) is 6. The summed E-state index contributed by atoms with van der Waals surface area (Å²) in [6.45, 7) is 7.54. The Bertz CT molecular complexity index is 454. The van der Waals surface area contributed by atoms with Crippen LogP contribution in [0, 0.1) is 0 Å². The molecule has 3 heterocycles. The van der Waals surface area contributed by atoms with E-state index in [1.165, 1.54) is 0 Å². The van der Waals surface area contributed by atoms with Crippen molar-refractivity contribution < 1.29 is 4.79 Å². The summed E-state index contributed by atoms with van der Waals surface area (Å²) in [5.74, 6) is 0.997. The van der Waals surface area contributed by atoms with E-state index in [-0.39, 0.29) is 5.91 Å². The highest BCUT2D eigenvalue weighted by molar-refractivity contribution is 5.78. The van der Waals surface area contributed by atoms with Gasteiger partial charge in [0.1, 0.15) is 0 Å². The maximum Gasteiger partial charge on any atom is 0.236 e. The number of piperazine rings is 2. The largest absolute Gasteiger partial charge is 0.338 e. The predicted octanol–water partition coefficient (Wildman–Crippen LogP) is -0.970. The molecule has 0 radical (unpaired) electrons. The third kappa shape index (κ3) is 3.68. The van der Waals surface area contributed by atoms with E-state index in [0.29, 0.717) is 6.54 Å². The van der Waals surface area contributed by atoms with Crippen LogP contribution in [-0.4, -0.2) is 84.6 Å². The molecule has 0 spiro atoms. The number of nitrogens with one attached hydrogen (secondary N) is 1. The summed E-state index contributed by atoms with van der Waals surface area (Å²) in [6.07, 6.45) is 3.51. The first kappa shape index (κ1) is 14.2. The highest BCUT2D eigenvalue weighted by Gasteiger charge is 2.24. The zero-order valence-electron chi connectivity index (χ0n) is 12.2. The van der Waals surface area contributed by atoms with Crippen molar-refractivity contribution in [2.24, 2.45) is 0 Å². The standard InChI is InChI=1S/C14H22N6O/c21-13(12-18-6-4-15-5-7-18)19-8-10-20(11-9-19)14-16-2-1-3-17-14/h1-3,15H,4-12H2. The molecule has 0 aromatic carbocycles. The third-order valence-electron chi connectivity index (χ3n) is 4.04. The number of carbonyl (C=O) groups excluding carboxylic acids is 1. The number of carbonyl (C=O) groups is 1. The Balaban J connectivity index is 1.47. The topological polar surface area (TPSA) is 64.6 Å². The van der Waals surface area contributed by atoms with Crippen molar-refractivity contribution in [2.45, 2.75) is 0 Å². The van der Waals surface area contributed by atoms with Crippen LogP contribution >= 0.6 is 0 Å². The fourth-order valence-corrected chi connectivity index (χ4v) is 2.77. The lowest BCUT2D eigenvalue weighted by Crippen LogP contribution is -2.53. The van der Waals surface area contributed by atoms with Gasteiger partial charge in [0.15, 0.2) is 0 Å². The van der Waals surface area contributed by atoms with Gasteiger partial charge < -0.3 is 15.1 Å². The smallest absolute Gasteiger partial charge is 0.236 e. The third-order valence-corrected chi connectivity index (χ3v) is 4.04. The van der Waals surface area contributed by atoms with E-state index in [1.807, 2.05) is 11.0 Å². The van der Waals surface area contributed by atoms with Crippen LogP contribution in [0.5, 0.6) is 0 Å². The van der Waals surface area contributed by atoms with Crippen LogP contribution in [-0.2, 0) is 4.79 Å². The first-order chi connectivity index (χ1) is 10.3. The van der Waals surface area contributed by atoms with Crippen molar-refractivity contribution in [1.82, 2.24) is 25.1 Å². The molecule has 21 heavy (non-hydrogen) atoms. The summed E-state index contributed by atoms with van der Waals surface area (Å²) >= 11 is 0. The number of anilines is 1. The fourth-order valence-electron chi connectivity index (χ4n) is 2.77. The van der Waals surface area contributed by atoms with Crippen molar-refractivity contribution in [3.63, 3.8) is 0 Å². The van der Waals surface area contributed by atoms with Gasteiger partial charge in [-0.05, 0) is 6.07 Å². The molecule has 1 aromatic rings. The van der Waals surface area contributed by atoms with Crippen molar-refractivity contribution in [2.75, 3.05) is 63.8 Å². The second kappa shape index (κ2) is 6.82.